The Hall–Kier alpha value is -1.39. The van der Waals surface area contributed by atoms with E-state index >= 15 is 0 Å². The number of piperazine rings is 1. The Morgan fingerprint density at radius 2 is 2.05 bits per heavy atom. The van der Waals surface area contributed by atoms with E-state index in [1.807, 2.05) is 30.1 Å². The van der Waals surface area contributed by atoms with Gasteiger partial charge in [-0.15, -0.1) is 0 Å². The quantitative estimate of drug-likeness (QED) is 0.882. The number of amides is 1. The van der Waals surface area contributed by atoms with Crippen LogP contribution in [0.2, 0.25) is 0 Å². The first-order chi connectivity index (χ1) is 9.22. The second-order valence-electron chi connectivity index (χ2n) is 5.13. The van der Waals surface area contributed by atoms with Crippen LogP contribution in [0.4, 0.5) is 0 Å². The normalized spacial score (nSPS) is 20.5. The molecule has 0 bridgehead atoms. The molecule has 19 heavy (non-hydrogen) atoms. The summed E-state index contributed by atoms with van der Waals surface area (Å²) in [4.78, 5) is 16.6. The van der Waals surface area contributed by atoms with Crippen molar-refractivity contribution in [2.45, 2.75) is 12.5 Å². The van der Waals surface area contributed by atoms with Gasteiger partial charge in [-0.3, -0.25) is 4.79 Å². The molecule has 0 aromatic heterocycles. The molecular formula is C15H23N3O. The summed E-state index contributed by atoms with van der Waals surface area (Å²) in [5, 5.41) is 3.04. The fourth-order valence-corrected chi connectivity index (χ4v) is 2.55. The van der Waals surface area contributed by atoms with Crippen molar-refractivity contribution in [1.29, 1.82) is 0 Å². The maximum absolute atomic E-state index is 12.3. The maximum atomic E-state index is 12.3. The third-order valence-electron chi connectivity index (χ3n) is 3.68. The molecule has 0 spiro atoms. The van der Waals surface area contributed by atoms with E-state index in [0.717, 1.165) is 26.2 Å². The Bertz CT molecular complexity index is 407. The van der Waals surface area contributed by atoms with E-state index in [4.69, 9.17) is 0 Å². The first-order valence-electron chi connectivity index (χ1n) is 6.90. The highest BCUT2D eigenvalue weighted by molar-refractivity contribution is 5.77. The van der Waals surface area contributed by atoms with Gasteiger partial charge in [0, 0.05) is 32.6 Å². The third kappa shape index (κ3) is 3.55. The minimum atomic E-state index is 0.185. The fourth-order valence-electron chi connectivity index (χ4n) is 2.55. The molecular weight excluding hydrogens is 238 g/mol. The number of nitrogens with zero attached hydrogens (tertiary/aromatic N) is 2. The van der Waals surface area contributed by atoms with Crippen molar-refractivity contribution in [3.05, 3.63) is 35.9 Å². The minimum Gasteiger partial charge on any atom is -0.333 e. The van der Waals surface area contributed by atoms with Gasteiger partial charge in [-0.25, -0.2) is 0 Å². The van der Waals surface area contributed by atoms with Crippen molar-refractivity contribution in [3.8, 4) is 0 Å². The lowest BCUT2D eigenvalue weighted by atomic mass is 10.0. The molecule has 1 aromatic rings. The Labute approximate surface area is 115 Å². The standard InChI is InChI=1S/C15H23N3O/c1-16-9-8-15(19)18-11-10-17(2)12-14(18)13-6-4-3-5-7-13/h3-7,14,16H,8-12H2,1-2H3. The van der Waals surface area contributed by atoms with Crippen molar-refractivity contribution in [2.24, 2.45) is 0 Å². The van der Waals surface area contributed by atoms with Gasteiger partial charge in [0.05, 0.1) is 6.04 Å². The Morgan fingerprint density at radius 3 is 2.74 bits per heavy atom. The molecule has 1 saturated heterocycles. The summed E-state index contributed by atoms with van der Waals surface area (Å²) in [6.07, 6.45) is 0.573. The number of nitrogens with one attached hydrogen (secondary N) is 1. The smallest absolute Gasteiger partial charge is 0.224 e. The number of hydrogen-bond donors (Lipinski definition) is 1. The summed E-state index contributed by atoms with van der Waals surface area (Å²) in [7, 11) is 4.00. The molecule has 1 aliphatic heterocycles. The average molecular weight is 261 g/mol. The first kappa shape index (κ1) is 14.0. The molecule has 4 nitrogen and oxygen atoms in total. The molecule has 0 radical (unpaired) electrons. The number of rotatable bonds is 4. The Kier molecular flexibility index (Phi) is 4.93. The van der Waals surface area contributed by atoms with E-state index in [9.17, 15) is 4.79 Å². The van der Waals surface area contributed by atoms with Gasteiger partial charge in [0.25, 0.3) is 0 Å². The molecule has 2 rings (SSSR count). The van der Waals surface area contributed by atoms with Crippen LogP contribution in [-0.4, -0.2) is 56.0 Å². The molecule has 4 heteroatoms. The molecule has 0 saturated carbocycles. The predicted molar refractivity (Wildman–Crippen MR) is 76.9 cm³/mol. The van der Waals surface area contributed by atoms with Crippen LogP contribution >= 0.6 is 0 Å². The molecule has 1 N–H and O–H groups in total. The molecule has 1 unspecified atom stereocenters. The van der Waals surface area contributed by atoms with Gasteiger partial charge in [-0.2, -0.15) is 0 Å². The molecule has 1 atom stereocenters. The summed E-state index contributed by atoms with van der Waals surface area (Å²) >= 11 is 0. The number of hydrogen-bond acceptors (Lipinski definition) is 3. The topological polar surface area (TPSA) is 35.6 Å². The lowest BCUT2D eigenvalue weighted by molar-refractivity contribution is -0.136. The number of likely N-dealkylation sites (N-methyl/N-ethyl adjacent to an activating group) is 1. The Balaban J connectivity index is 2.13. The van der Waals surface area contributed by atoms with Crippen LogP contribution in [0.3, 0.4) is 0 Å². The number of carbonyl (C=O) groups excluding carboxylic acids is 1. The van der Waals surface area contributed by atoms with Gasteiger partial charge in [0.15, 0.2) is 0 Å². The molecule has 1 heterocycles. The lowest BCUT2D eigenvalue weighted by Gasteiger charge is -2.40. The third-order valence-corrected chi connectivity index (χ3v) is 3.68. The zero-order chi connectivity index (χ0) is 13.7. The van der Waals surface area contributed by atoms with Crippen molar-refractivity contribution in [1.82, 2.24) is 15.1 Å². The fraction of sp³-hybridized carbons (Fsp3) is 0.533. The highest BCUT2D eigenvalue weighted by Crippen LogP contribution is 2.25. The summed E-state index contributed by atoms with van der Waals surface area (Å²) < 4.78 is 0. The molecule has 104 valence electrons. The SMILES string of the molecule is CNCCC(=O)N1CCN(C)CC1c1ccccc1. The number of benzene rings is 1. The van der Waals surface area contributed by atoms with Crippen molar-refractivity contribution >= 4 is 5.91 Å². The molecule has 0 aliphatic carbocycles. The van der Waals surface area contributed by atoms with E-state index in [-0.39, 0.29) is 11.9 Å². The van der Waals surface area contributed by atoms with Crippen LogP contribution in [0, 0.1) is 0 Å². The zero-order valence-electron chi connectivity index (χ0n) is 11.8. The number of carbonyl (C=O) groups is 1. The van der Waals surface area contributed by atoms with E-state index in [0.29, 0.717) is 6.42 Å². The molecule has 1 aliphatic rings. The van der Waals surface area contributed by atoms with E-state index in [1.54, 1.807) is 0 Å². The van der Waals surface area contributed by atoms with E-state index in [1.165, 1.54) is 5.56 Å². The lowest BCUT2D eigenvalue weighted by Crippen LogP contribution is -2.49. The van der Waals surface area contributed by atoms with Crippen LogP contribution in [0.15, 0.2) is 30.3 Å². The average Bonchev–Trinajstić information content (AvgIpc) is 2.45. The zero-order valence-corrected chi connectivity index (χ0v) is 11.8. The van der Waals surface area contributed by atoms with Crippen LogP contribution in [0.1, 0.15) is 18.0 Å². The van der Waals surface area contributed by atoms with E-state index < -0.39 is 0 Å². The summed E-state index contributed by atoms with van der Waals surface area (Å²) in [5.41, 5.74) is 1.23. The van der Waals surface area contributed by atoms with Gasteiger partial charge in [0.1, 0.15) is 0 Å². The minimum absolute atomic E-state index is 0.185. The van der Waals surface area contributed by atoms with E-state index in [2.05, 4.69) is 29.4 Å². The maximum Gasteiger partial charge on any atom is 0.224 e. The van der Waals surface area contributed by atoms with Crippen LogP contribution in [-0.2, 0) is 4.79 Å². The summed E-state index contributed by atoms with van der Waals surface area (Å²) in [5.74, 6) is 0.247. The largest absolute Gasteiger partial charge is 0.333 e. The predicted octanol–water partition coefficient (Wildman–Crippen LogP) is 1.11. The molecule has 1 aromatic carbocycles. The van der Waals surface area contributed by atoms with Gasteiger partial charge in [0.2, 0.25) is 5.91 Å². The van der Waals surface area contributed by atoms with Gasteiger partial charge >= 0.3 is 0 Å². The van der Waals surface area contributed by atoms with Crippen LogP contribution in [0.25, 0.3) is 0 Å². The highest BCUT2D eigenvalue weighted by atomic mass is 16.2. The Morgan fingerprint density at radius 1 is 1.32 bits per heavy atom. The van der Waals surface area contributed by atoms with Gasteiger partial charge < -0.3 is 15.1 Å². The van der Waals surface area contributed by atoms with Gasteiger partial charge in [-0.1, -0.05) is 30.3 Å². The summed E-state index contributed by atoms with van der Waals surface area (Å²) in [6, 6.07) is 10.5. The van der Waals surface area contributed by atoms with Gasteiger partial charge in [-0.05, 0) is 19.7 Å². The van der Waals surface area contributed by atoms with Crippen molar-refractivity contribution in [3.63, 3.8) is 0 Å². The van der Waals surface area contributed by atoms with Crippen molar-refractivity contribution < 1.29 is 4.79 Å². The second-order valence-corrected chi connectivity index (χ2v) is 5.13. The molecule has 1 fully saturated rings. The second kappa shape index (κ2) is 6.68. The summed E-state index contributed by atoms with van der Waals surface area (Å²) in [6.45, 7) is 3.43. The first-order valence-corrected chi connectivity index (χ1v) is 6.90. The van der Waals surface area contributed by atoms with Crippen molar-refractivity contribution in [2.75, 3.05) is 40.3 Å². The monoisotopic (exact) mass is 261 g/mol. The van der Waals surface area contributed by atoms with Crippen LogP contribution in [0.5, 0.6) is 0 Å². The molecule has 1 amide bonds. The van der Waals surface area contributed by atoms with Crippen LogP contribution < -0.4 is 5.32 Å². The highest BCUT2D eigenvalue weighted by Gasteiger charge is 2.29.